The van der Waals surface area contributed by atoms with Crippen LogP contribution in [0.25, 0.3) is 22.3 Å². The summed E-state index contributed by atoms with van der Waals surface area (Å²) in [5.74, 6) is 1.72. The number of H-pyrrole nitrogens is 1. The van der Waals surface area contributed by atoms with Crippen LogP contribution in [0.2, 0.25) is 0 Å². The maximum absolute atomic E-state index is 13.2. The Morgan fingerprint density at radius 2 is 1.76 bits per heavy atom. The predicted octanol–water partition coefficient (Wildman–Crippen LogP) is 4.35. The van der Waals surface area contributed by atoms with Crippen LogP contribution in [0.1, 0.15) is 34.8 Å². The molecule has 0 spiro atoms. The first-order valence-corrected chi connectivity index (χ1v) is 14.4. The van der Waals surface area contributed by atoms with E-state index in [1.54, 1.807) is 18.6 Å². The van der Waals surface area contributed by atoms with E-state index in [1.807, 2.05) is 42.5 Å². The Kier molecular flexibility index (Phi) is 7.21. The van der Waals surface area contributed by atoms with E-state index in [2.05, 4.69) is 65.6 Å². The molecule has 2 aliphatic heterocycles. The molecule has 2 fully saturated rings. The largest absolute Gasteiger partial charge is 0.369 e. The van der Waals surface area contributed by atoms with Gasteiger partial charge in [0.15, 0.2) is 5.82 Å². The minimum Gasteiger partial charge on any atom is -0.369 e. The highest BCUT2D eigenvalue weighted by molar-refractivity contribution is 5.98. The summed E-state index contributed by atoms with van der Waals surface area (Å²) in [5.41, 5.74) is 12.1. The molecule has 1 amide bonds. The molecule has 3 aromatic heterocycles. The van der Waals surface area contributed by atoms with Crippen molar-refractivity contribution in [2.24, 2.45) is 0 Å². The average Bonchev–Trinajstić information content (AvgIpc) is 3.73. The van der Waals surface area contributed by atoms with Gasteiger partial charge in [-0.1, -0.05) is 24.3 Å². The van der Waals surface area contributed by atoms with Crippen molar-refractivity contribution in [1.82, 2.24) is 36.1 Å². The summed E-state index contributed by atoms with van der Waals surface area (Å²) in [7, 11) is 0. The Morgan fingerprint density at radius 3 is 2.60 bits per heavy atom. The zero-order chi connectivity index (χ0) is 28.3. The number of carbonyl (C=O) groups excluding carboxylic acids is 1. The number of pyridine rings is 1. The molecule has 0 radical (unpaired) electrons. The van der Waals surface area contributed by atoms with E-state index in [0.29, 0.717) is 17.4 Å². The Hall–Kier alpha value is -4.80. The number of amides is 1. The third kappa shape index (κ3) is 5.67. The number of anilines is 3. The Balaban J connectivity index is 1.03. The van der Waals surface area contributed by atoms with E-state index in [0.717, 1.165) is 72.7 Å². The van der Waals surface area contributed by atoms with Crippen LogP contribution in [0.5, 0.6) is 0 Å². The van der Waals surface area contributed by atoms with Gasteiger partial charge in [0.1, 0.15) is 11.5 Å². The number of rotatable bonds is 7. The molecule has 2 aliphatic rings. The smallest absolute Gasteiger partial charge is 0.268 e. The molecule has 0 bridgehead atoms. The highest BCUT2D eigenvalue weighted by Crippen LogP contribution is 2.26. The number of nitrogens with one attached hydrogen (secondary N) is 5. The highest BCUT2D eigenvalue weighted by atomic mass is 16.2. The minimum atomic E-state index is -0.0942. The van der Waals surface area contributed by atoms with Gasteiger partial charge in [-0.3, -0.25) is 20.6 Å². The van der Waals surface area contributed by atoms with Gasteiger partial charge in [0.05, 0.1) is 0 Å². The fourth-order valence-corrected chi connectivity index (χ4v) is 5.79. The fraction of sp³-hybridized carbons (Fsp3) is 0.250. The summed E-state index contributed by atoms with van der Waals surface area (Å²) in [6, 6.07) is 22.3. The van der Waals surface area contributed by atoms with Crippen molar-refractivity contribution >= 4 is 34.0 Å². The number of nitrogens with zero attached hydrogens (tertiary/aromatic N) is 4. The number of hydrogen-bond acceptors (Lipinski definition) is 8. The van der Waals surface area contributed by atoms with Gasteiger partial charge in [-0.15, -0.1) is 0 Å². The number of aromatic nitrogens is 4. The summed E-state index contributed by atoms with van der Waals surface area (Å²) in [6.07, 6.45) is 7.35. The van der Waals surface area contributed by atoms with Gasteiger partial charge in [-0.25, -0.2) is 9.97 Å². The normalized spacial score (nSPS) is 17.4. The quantitative estimate of drug-likeness (QED) is 0.199. The standard InChI is InChI=1S/C32H33N9O/c42-32(38-26-2-1-15-41(20-26)27-9-12-33-13-10-27)29-16-22-3-4-23(17-28(22)39-29)31-34-14-11-30(40-31)37-25-7-5-21(6-8-25)24-18-35-36-19-24/h3-14,16-17,24,26,35-36,39H,1-2,15,18-20H2,(H,38,42)(H,34,37,40). The van der Waals surface area contributed by atoms with Gasteiger partial charge in [-0.2, -0.15) is 0 Å². The van der Waals surface area contributed by atoms with Crippen LogP contribution < -0.4 is 26.4 Å². The zero-order valence-electron chi connectivity index (χ0n) is 23.2. The molecule has 0 aliphatic carbocycles. The van der Waals surface area contributed by atoms with E-state index in [1.165, 1.54) is 5.56 Å². The van der Waals surface area contributed by atoms with Crippen LogP contribution in [0.3, 0.4) is 0 Å². The first kappa shape index (κ1) is 26.1. The Morgan fingerprint density at radius 1 is 0.929 bits per heavy atom. The molecule has 1 atom stereocenters. The number of hydrogen-bond donors (Lipinski definition) is 5. The zero-order valence-corrected chi connectivity index (χ0v) is 23.2. The van der Waals surface area contributed by atoms with Crippen molar-refractivity contribution in [3.63, 3.8) is 0 Å². The topological polar surface area (TPSA) is 123 Å². The minimum absolute atomic E-state index is 0.0814. The molecule has 0 saturated carbocycles. The molecule has 1 unspecified atom stereocenters. The van der Waals surface area contributed by atoms with E-state index < -0.39 is 0 Å². The first-order valence-electron chi connectivity index (χ1n) is 14.4. The van der Waals surface area contributed by atoms with Gasteiger partial charge in [0, 0.05) is 84.6 Å². The molecule has 2 aromatic carbocycles. The molecule has 42 heavy (non-hydrogen) atoms. The monoisotopic (exact) mass is 559 g/mol. The van der Waals surface area contributed by atoms with Gasteiger partial charge >= 0.3 is 0 Å². The van der Waals surface area contributed by atoms with Gasteiger partial charge < -0.3 is 20.5 Å². The molecular formula is C32H33N9O. The van der Waals surface area contributed by atoms with Crippen molar-refractivity contribution in [1.29, 1.82) is 0 Å². The lowest BCUT2D eigenvalue weighted by Crippen LogP contribution is -2.47. The summed E-state index contributed by atoms with van der Waals surface area (Å²) in [6.45, 7) is 3.63. The van der Waals surface area contributed by atoms with Crippen molar-refractivity contribution in [3.05, 3.63) is 96.6 Å². The lowest BCUT2D eigenvalue weighted by atomic mass is 10.0. The molecule has 7 rings (SSSR count). The summed E-state index contributed by atoms with van der Waals surface area (Å²) >= 11 is 0. The van der Waals surface area contributed by atoms with Crippen LogP contribution in [0, 0.1) is 0 Å². The first-order chi connectivity index (χ1) is 20.7. The highest BCUT2D eigenvalue weighted by Gasteiger charge is 2.23. The Bertz CT molecular complexity index is 1680. The maximum atomic E-state index is 13.2. The molecular weight excluding hydrogens is 526 g/mol. The van der Waals surface area contributed by atoms with Crippen LogP contribution >= 0.6 is 0 Å². The van der Waals surface area contributed by atoms with Crippen LogP contribution in [0.4, 0.5) is 17.2 Å². The van der Waals surface area contributed by atoms with Crippen LogP contribution in [0.15, 0.2) is 85.3 Å². The molecule has 212 valence electrons. The van der Waals surface area contributed by atoms with Crippen molar-refractivity contribution in [2.45, 2.75) is 24.8 Å². The average molecular weight is 560 g/mol. The number of benzene rings is 2. The number of carbonyl (C=O) groups is 1. The number of aromatic amines is 1. The number of piperidine rings is 1. The maximum Gasteiger partial charge on any atom is 0.268 e. The van der Waals surface area contributed by atoms with Crippen LogP contribution in [-0.4, -0.2) is 58.1 Å². The molecule has 2 saturated heterocycles. The second-order valence-electron chi connectivity index (χ2n) is 10.9. The van der Waals surface area contributed by atoms with Crippen molar-refractivity contribution in [2.75, 3.05) is 36.4 Å². The second-order valence-corrected chi connectivity index (χ2v) is 10.9. The SMILES string of the molecule is O=C(NC1CCCN(c2ccncc2)C1)c1cc2ccc(-c3nccc(Nc4ccc(C5CNNC5)cc4)n3)cc2[nH]1. The second kappa shape index (κ2) is 11.6. The van der Waals surface area contributed by atoms with E-state index in [-0.39, 0.29) is 11.9 Å². The lowest BCUT2D eigenvalue weighted by Gasteiger charge is -2.34. The number of hydrazine groups is 1. The lowest BCUT2D eigenvalue weighted by molar-refractivity contribution is 0.0929. The number of fused-ring (bicyclic) bond motifs is 1. The summed E-state index contributed by atoms with van der Waals surface area (Å²) < 4.78 is 0. The Labute approximate surface area is 244 Å². The molecule has 5 N–H and O–H groups in total. The third-order valence-electron chi connectivity index (χ3n) is 8.04. The third-order valence-corrected chi connectivity index (χ3v) is 8.04. The predicted molar refractivity (Wildman–Crippen MR) is 165 cm³/mol. The summed E-state index contributed by atoms with van der Waals surface area (Å²) in [4.78, 5) is 32.2. The summed E-state index contributed by atoms with van der Waals surface area (Å²) in [5, 5.41) is 7.58. The molecule has 10 nitrogen and oxygen atoms in total. The van der Waals surface area contributed by atoms with E-state index in [9.17, 15) is 4.79 Å². The van der Waals surface area contributed by atoms with Crippen LogP contribution in [-0.2, 0) is 0 Å². The van der Waals surface area contributed by atoms with E-state index in [4.69, 9.17) is 4.98 Å². The molecule has 10 heteroatoms. The van der Waals surface area contributed by atoms with Gasteiger partial charge in [-0.05, 0) is 60.9 Å². The van der Waals surface area contributed by atoms with Crippen molar-refractivity contribution < 1.29 is 4.79 Å². The fourth-order valence-electron chi connectivity index (χ4n) is 5.79. The van der Waals surface area contributed by atoms with E-state index >= 15 is 0 Å². The van der Waals surface area contributed by atoms with Crippen molar-refractivity contribution in [3.8, 4) is 11.4 Å². The molecule has 5 aromatic rings. The van der Waals surface area contributed by atoms with Gasteiger partial charge in [0.25, 0.3) is 5.91 Å². The van der Waals surface area contributed by atoms with Gasteiger partial charge in [0.2, 0.25) is 0 Å². The molecule has 5 heterocycles.